The summed E-state index contributed by atoms with van der Waals surface area (Å²) < 4.78 is 27.2. The Hall–Kier alpha value is -1.74. The van der Waals surface area contributed by atoms with Gasteiger partial charge in [-0.1, -0.05) is 24.3 Å². The lowest BCUT2D eigenvalue weighted by Crippen LogP contribution is -2.55. The molecule has 1 aliphatic heterocycles. The van der Waals surface area contributed by atoms with Crippen molar-refractivity contribution in [2.45, 2.75) is 24.1 Å². The zero-order valence-corrected chi connectivity index (χ0v) is 17.2. The summed E-state index contributed by atoms with van der Waals surface area (Å²) in [5.74, 6) is 0.0401. The Morgan fingerprint density at radius 1 is 1.11 bits per heavy atom. The van der Waals surface area contributed by atoms with Crippen LogP contribution < -0.4 is 4.90 Å². The highest BCUT2D eigenvalue weighted by molar-refractivity contribution is 7.91. The fourth-order valence-electron chi connectivity index (χ4n) is 3.32. The minimum atomic E-state index is -3.42. The van der Waals surface area contributed by atoms with E-state index in [-0.39, 0.29) is 11.9 Å². The Morgan fingerprint density at radius 2 is 1.78 bits per heavy atom. The van der Waals surface area contributed by atoms with E-state index in [0.717, 1.165) is 5.69 Å². The van der Waals surface area contributed by atoms with Gasteiger partial charge in [0.2, 0.25) is 5.91 Å². The summed E-state index contributed by atoms with van der Waals surface area (Å²) in [7, 11) is -3.42. The first-order chi connectivity index (χ1) is 12.9. The maximum Gasteiger partial charge on any atom is 0.252 e. The van der Waals surface area contributed by atoms with Crippen molar-refractivity contribution in [1.82, 2.24) is 9.21 Å². The van der Waals surface area contributed by atoms with Crippen LogP contribution in [0.4, 0.5) is 5.69 Å². The number of sulfonamides is 1. The van der Waals surface area contributed by atoms with Gasteiger partial charge in [0.05, 0.1) is 6.04 Å². The summed E-state index contributed by atoms with van der Waals surface area (Å²) in [5, 5.41) is 1.77. The van der Waals surface area contributed by atoms with Gasteiger partial charge < -0.3 is 4.90 Å². The maximum atomic E-state index is 13.0. The van der Waals surface area contributed by atoms with Crippen molar-refractivity contribution in [3.05, 3.63) is 47.8 Å². The predicted octanol–water partition coefficient (Wildman–Crippen LogP) is 2.50. The third-order valence-corrected chi connectivity index (χ3v) is 8.19. The molecule has 0 unspecified atom stereocenters. The molecule has 2 heterocycles. The summed E-state index contributed by atoms with van der Waals surface area (Å²) in [6, 6.07) is 12.7. The van der Waals surface area contributed by atoms with Crippen LogP contribution in [0.15, 0.2) is 52.1 Å². The van der Waals surface area contributed by atoms with Gasteiger partial charge in [-0.3, -0.25) is 9.69 Å². The summed E-state index contributed by atoms with van der Waals surface area (Å²) in [5.41, 5.74) is 0.885. The van der Waals surface area contributed by atoms with Crippen LogP contribution in [-0.2, 0) is 14.8 Å². The lowest BCUT2D eigenvalue weighted by atomic mass is 10.2. The Labute approximate surface area is 165 Å². The number of hydrogen-bond donors (Lipinski definition) is 0. The molecule has 0 bridgehead atoms. The summed E-state index contributed by atoms with van der Waals surface area (Å²) >= 11 is 1.24. The second-order valence-corrected chi connectivity index (χ2v) is 9.58. The van der Waals surface area contributed by atoms with E-state index in [1.165, 1.54) is 15.6 Å². The Morgan fingerprint density at radius 3 is 2.33 bits per heavy atom. The summed E-state index contributed by atoms with van der Waals surface area (Å²) in [4.78, 5) is 16.8. The third kappa shape index (κ3) is 4.24. The van der Waals surface area contributed by atoms with Gasteiger partial charge in [0.1, 0.15) is 4.21 Å². The van der Waals surface area contributed by atoms with Crippen LogP contribution in [-0.4, -0.2) is 62.3 Å². The number of carbonyl (C=O) groups is 1. The minimum absolute atomic E-state index is 0.0401. The van der Waals surface area contributed by atoms with Gasteiger partial charge in [-0.25, -0.2) is 8.42 Å². The number of para-hydroxylation sites is 1. The van der Waals surface area contributed by atoms with Crippen LogP contribution in [0.5, 0.6) is 0 Å². The number of thiophene rings is 1. The summed E-state index contributed by atoms with van der Waals surface area (Å²) in [6.07, 6.45) is 0. The van der Waals surface area contributed by atoms with Gasteiger partial charge in [-0.2, -0.15) is 4.31 Å². The van der Waals surface area contributed by atoms with Crippen molar-refractivity contribution in [2.24, 2.45) is 0 Å². The predicted molar refractivity (Wildman–Crippen MR) is 109 cm³/mol. The number of carbonyl (C=O) groups excluding carboxylic acids is 1. The molecule has 0 spiro atoms. The number of piperazine rings is 1. The fourth-order valence-corrected chi connectivity index (χ4v) is 5.89. The normalized spacial score (nSPS) is 17.6. The quantitative estimate of drug-likeness (QED) is 0.738. The molecule has 1 aromatic heterocycles. The molecule has 146 valence electrons. The number of anilines is 1. The molecule has 3 rings (SSSR count). The minimum Gasteiger partial charge on any atom is -0.311 e. The molecule has 1 amide bonds. The molecule has 1 saturated heterocycles. The molecule has 0 radical (unpaired) electrons. The molecule has 0 saturated carbocycles. The number of nitrogens with zero attached hydrogens (tertiary/aromatic N) is 3. The number of amides is 1. The molecule has 1 aliphatic rings. The second kappa shape index (κ2) is 8.52. The highest BCUT2D eigenvalue weighted by atomic mass is 32.2. The average Bonchev–Trinajstić information content (AvgIpc) is 3.24. The molecule has 6 nitrogen and oxygen atoms in total. The smallest absolute Gasteiger partial charge is 0.252 e. The van der Waals surface area contributed by atoms with Crippen molar-refractivity contribution < 1.29 is 13.2 Å². The van der Waals surface area contributed by atoms with Crippen LogP contribution in [0.1, 0.15) is 13.8 Å². The van der Waals surface area contributed by atoms with E-state index in [1.807, 2.05) is 44.2 Å². The highest BCUT2D eigenvalue weighted by Gasteiger charge is 2.33. The van der Waals surface area contributed by atoms with Crippen molar-refractivity contribution in [1.29, 1.82) is 0 Å². The van der Waals surface area contributed by atoms with Gasteiger partial charge in [0.15, 0.2) is 0 Å². The molecule has 1 aromatic carbocycles. The lowest BCUT2D eigenvalue weighted by Gasteiger charge is -2.38. The molecule has 0 N–H and O–H groups in total. The van der Waals surface area contributed by atoms with Gasteiger partial charge in [-0.15, -0.1) is 11.3 Å². The van der Waals surface area contributed by atoms with E-state index < -0.39 is 10.0 Å². The van der Waals surface area contributed by atoms with Crippen molar-refractivity contribution in [3.8, 4) is 0 Å². The molecular formula is C19H25N3O3S2. The van der Waals surface area contributed by atoms with Crippen molar-refractivity contribution in [2.75, 3.05) is 37.6 Å². The largest absolute Gasteiger partial charge is 0.311 e. The lowest BCUT2D eigenvalue weighted by molar-refractivity contribution is -0.123. The van der Waals surface area contributed by atoms with Gasteiger partial charge in [0, 0.05) is 38.4 Å². The zero-order chi connectivity index (χ0) is 19.4. The van der Waals surface area contributed by atoms with Crippen molar-refractivity contribution in [3.63, 3.8) is 0 Å². The number of hydrogen-bond acceptors (Lipinski definition) is 5. The van der Waals surface area contributed by atoms with E-state index in [0.29, 0.717) is 36.9 Å². The van der Waals surface area contributed by atoms with Gasteiger partial charge >= 0.3 is 0 Å². The first-order valence-corrected chi connectivity index (χ1v) is 11.4. The molecule has 1 atom stereocenters. The number of likely N-dealkylation sites (N-methyl/N-ethyl adjacent to an activating group) is 1. The van der Waals surface area contributed by atoms with Crippen LogP contribution in [0.2, 0.25) is 0 Å². The molecule has 27 heavy (non-hydrogen) atoms. The third-order valence-electron chi connectivity index (χ3n) is 4.92. The molecular weight excluding hydrogens is 382 g/mol. The highest BCUT2D eigenvalue weighted by Crippen LogP contribution is 2.23. The molecule has 8 heteroatoms. The monoisotopic (exact) mass is 407 g/mol. The van der Waals surface area contributed by atoms with Crippen LogP contribution >= 0.6 is 11.3 Å². The molecule has 1 fully saturated rings. The first kappa shape index (κ1) is 20.0. The van der Waals surface area contributed by atoms with E-state index in [1.54, 1.807) is 22.4 Å². The fraction of sp³-hybridized carbons (Fsp3) is 0.421. The SMILES string of the molecule is CCN(C(=O)[C@@H](C)N1CCN(S(=O)(=O)c2cccs2)CC1)c1ccccc1. The molecule has 2 aromatic rings. The van der Waals surface area contributed by atoms with Crippen molar-refractivity contribution >= 4 is 33.0 Å². The van der Waals surface area contributed by atoms with Crippen LogP contribution in [0.25, 0.3) is 0 Å². The first-order valence-electron chi connectivity index (χ1n) is 9.09. The van der Waals surface area contributed by atoms with E-state index in [4.69, 9.17) is 0 Å². The standard InChI is InChI=1S/C19H25N3O3S2/c1-3-22(17-8-5-4-6-9-17)19(23)16(2)20-11-13-21(14-12-20)27(24,25)18-10-7-15-26-18/h4-10,15-16H,3,11-14H2,1-2H3/t16-/m1/s1. The average molecular weight is 408 g/mol. The van der Waals surface area contributed by atoms with Gasteiger partial charge in [0.25, 0.3) is 10.0 Å². The second-order valence-electron chi connectivity index (χ2n) is 6.47. The number of benzene rings is 1. The van der Waals surface area contributed by atoms with Crippen LogP contribution in [0, 0.1) is 0 Å². The topological polar surface area (TPSA) is 60.9 Å². The van der Waals surface area contributed by atoms with E-state index in [9.17, 15) is 13.2 Å². The Balaban J connectivity index is 1.64. The zero-order valence-electron chi connectivity index (χ0n) is 15.6. The van der Waals surface area contributed by atoms with E-state index in [2.05, 4.69) is 4.90 Å². The molecule has 0 aliphatic carbocycles. The maximum absolute atomic E-state index is 13.0. The Kier molecular flexibility index (Phi) is 6.31. The van der Waals surface area contributed by atoms with Crippen LogP contribution in [0.3, 0.4) is 0 Å². The van der Waals surface area contributed by atoms with Gasteiger partial charge in [-0.05, 0) is 37.4 Å². The Bertz CT molecular complexity index is 846. The number of rotatable bonds is 6. The van der Waals surface area contributed by atoms with E-state index >= 15 is 0 Å². The summed E-state index contributed by atoms with van der Waals surface area (Å²) in [6.45, 7) is 6.35.